The summed E-state index contributed by atoms with van der Waals surface area (Å²) in [6.45, 7) is 1.29. The van der Waals surface area contributed by atoms with Crippen molar-refractivity contribution in [2.45, 2.75) is 38.6 Å². The van der Waals surface area contributed by atoms with Gasteiger partial charge in [-0.15, -0.1) is 0 Å². The van der Waals surface area contributed by atoms with Crippen molar-refractivity contribution >= 4 is 16.8 Å². The minimum Gasteiger partial charge on any atom is -0.347 e. The number of hydrogen-bond acceptors (Lipinski definition) is 3. The second-order valence-corrected chi connectivity index (χ2v) is 7.14. The lowest BCUT2D eigenvalue weighted by Crippen LogP contribution is -2.36. The van der Waals surface area contributed by atoms with Gasteiger partial charge in [0, 0.05) is 30.5 Å². The topological polar surface area (TPSA) is 61.9 Å². The number of rotatable bonds is 5. The number of benzene rings is 1. The van der Waals surface area contributed by atoms with E-state index in [1.165, 1.54) is 32.1 Å². The second kappa shape index (κ2) is 7.68. The van der Waals surface area contributed by atoms with E-state index in [1.807, 2.05) is 35.2 Å². The maximum Gasteiger partial charge on any atom is 0.255 e. The third kappa shape index (κ3) is 3.77. The number of aromatic amines is 1. The fourth-order valence-electron chi connectivity index (χ4n) is 3.84. The number of imidazole rings is 1. The predicted octanol–water partition coefficient (Wildman–Crippen LogP) is 4.18. The SMILES string of the molecule is O=C(c1cnc2ccccc2c1)N(Cc1ncc[nH]1)CC1CCCCC1. The number of H-pyrrole nitrogens is 1. The van der Waals surface area contributed by atoms with Crippen LogP contribution in [0.15, 0.2) is 48.9 Å². The lowest BCUT2D eigenvalue weighted by atomic mass is 9.89. The first kappa shape index (κ1) is 16.8. The Morgan fingerprint density at radius 3 is 2.81 bits per heavy atom. The lowest BCUT2D eigenvalue weighted by Gasteiger charge is -2.29. The second-order valence-electron chi connectivity index (χ2n) is 7.14. The van der Waals surface area contributed by atoms with E-state index in [1.54, 1.807) is 18.6 Å². The van der Waals surface area contributed by atoms with Gasteiger partial charge in [-0.1, -0.05) is 37.5 Å². The Morgan fingerprint density at radius 1 is 1.15 bits per heavy atom. The number of nitrogens with zero attached hydrogens (tertiary/aromatic N) is 3. The van der Waals surface area contributed by atoms with Crippen molar-refractivity contribution in [1.82, 2.24) is 19.9 Å². The van der Waals surface area contributed by atoms with Gasteiger partial charge in [0.25, 0.3) is 5.91 Å². The molecule has 0 unspecified atom stereocenters. The summed E-state index contributed by atoms with van der Waals surface area (Å²) >= 11 is 0. The van der Waals surface area contributed by atoms with Gasteiger partial charge in [0.15, 0.2) is 0 Å². The summed E-state index contributed by atoms with van der Waals surface area (Å²) in [5.74, 6) is 1.43. The van der Waals surface area contributed by atoms with Crippen LogP contribution in [0.1, 0.15) is 48.3 Å². The molecule has 2 aromatic heterocycles. The van der Waals surface area contributed by atoms with Crippen molar-refractivity contribution in [3.8, 4) is 0 Å². The summed E-state index contributed by atoms with van der Waals surface area (Å²) in [5.41, 5.74) is 1.56. The molecule has 3 aromatic rings. The summed E-state index contributed by atoms with van der Waals surface area (Å²) in [6.07, 6.45) is 11.5. The Bertz CT molecular complexity index is 869. The summed E-state index contributed by atoms with van der Waals surface area (Å²) in [7, 11) is 0. The third-order valence-corrected chi connectivity index (χ3v) is 5.22. The summed E-state index contributed by atoms with van der Waals surface area (Å²) in [5, 5.41) is 0.994. The fourth-order valence-corrected chi connectivity index (χ4v) is 3.84. The fraction of sp³-hybridized carbons (Fsp3) is 0.381. The molecule has 1 aliphatic carbocycles. The molecule has 1 aliphatic rings. The van der Waals surface area contributed by atoms with Crippen LogP contribution in [-0.4, -0.2) is 32.3 Å². The van der Waals surface area contributed by atoms with Crippen LogP contribution in [0.5, 0.6) is 0 Å². The molecule has 1 amide bonds. The first-order chi connectivity index (χ1) is 12.8. The number of hydrogen-bond donors (Lipinski definition) is 1. The van der Waals surface area contributed by atoms with Gasteiger partial charge in [-0.3, -0.25) is 9.78 Å². The zero-order valence-electron chi connectivity index (χ0n) is 14.9. The maximum atomic E-state index is 13.2. The van der Waals surface area contributed by atoms with E-state index in [-0.39, 0.29) is 5.91 Å². The van der Waals surface area contributed by atoms with Gasteiger partial charge >= 0.3 is 0 Å². The van der Waals surface area contributed by atoms with Crippen LogP contribution in [-0.2, 0) is 6.54 Å². The summed E-state index contributed by atoms with van der Waals surface area (Å²) in [6, 6.07) is 9.84. The average Bonchev–Trinajstić information content (AvgIpc) is 3.20. The summed E-state index contributed by atoms with van der Waals surface area (Å²) in [4.78, 5) is 27.1. The number of pyridine rings is 1. The average molecular weight is 348 g/mol. The molecular formula is C21H24N4O. The number of para-hydroxylation sites is 1. The molecule has 0 bridgehead atoms. The van der Waals surface area contributed by atoms with Crippen LogP contribution < -0.4 is 0 Å². The van der Waals surface area contributed by atoms with Gasteiger partial charge in [0.1, 0.15) is 5.82 Å². The molecule has 1 N–H and O–H groups in total. The van der Waals surface area contributed by atoms with Crippen LogP contribution in [0.4, 0.5) is 0 Å². The van der Waals surface area contributed by atoms with E-state index in [2.05, 4.69) is 15.0 Å². The van der Waals surface area contributed by atoms with Gasteiger partial charge in [0.05, 0.1) is 17.6 Å². The number of fused-ring (bicyclic) bond motifs is 1. The zero-order valence-corrected chi connectivity index (χ0v) is 14.9. The first-order valence-electron chi connectivity index (χ1n) is 9.42. The predicted molar refractivity (Wildman–Crippen MR) is 102 cm³/mol. The molecule has 5 nitrogen and oxygen atoms in total. The molecule has 26 heavy (non-hydrogen) atoms. The molecule has 0 radical (unpaired) electrons. The zero-order chi connectivity index (χ0) is 17.8. The molecule has 5 heteroatoms. The van der Waals surface area contributed by atoms with Crippen LogP contribution in [0.25, 0.3) is 10.9 Å². The molecule has 0 aliphatic heterocycles. The molecule has 134 valence electrons. The highest BCUT2D eigenvalue weighted by atomic mass is 16.2. The van der Waals surface area contributed by atoms with Crippen LogP contribution in [0.3, 0.4) is 0 Å². The lowest BCUT2D eigenvalue weighted by molar-refractivity contribution is 0.0694. The highest BCUT2D eigenvalue weighted by Crippen LogP contribution is 2.25. The number of carbonyl (C=O) groups is 1. The largest absolute Gasteiger partial charge is 0.347 e. The standard InChI is InChI=1S/C21H24N4O/c26-21(18-12-17-8-4-5-9-19(17)24-13-18)25(15-20-22-10-11-23-20)14-16-6-2-1-3-7-16/h4-5,8-13,16H,1-3,6-7,14-15H2,(H,22,23). The highest BCUT2D eigenvalue weighted by molar-refractivity contribution is 5.97. The van der Waals surface area contributed by atoms with Gasteiger partial charge < -0.3 is 9.88 Å². The molecule has 4 rings (SSSR count). The van der Waals surface area contributed by atoms with Crippen molar-refractivity contribution in [2.24, 2.45) is 5.92 Å². The Balaban J connectivity index is 1.58. The molecule has 0 atom stereocenters. The molecule has 0 spiro atoms. The number of nitrogens with one attached hydrogen (secondary N) is 1. The minimum atomic E-state index is 0.0326. The number of aromatic nitrogens is 3. The van der Waals surface area contributed by atoms with Gasteiger partial charge in [-0.25, -0.2) is 4.98 Å². The van der Waals surface area contributed by atoms with Crippen molar-refractivity contribution in [1.29, 1.82) is 0 Å². The van der Waals surface area contributed by atoms with Crippen molar-refractivity contribution in [3.05, 3.63) is 60.3 Å². The smallest absolute Gasteiger partial charge is 0.255 e. The van der Waals surface area contributed by atoms with E-state index in [4.69, 9.17) is 0 Å². The molecular weight excluding hydrogens is 324 g/mol. The highest BCUT2D eigenvalue weighted by Gasteiger charge is 2.23. The summed E-state index contributed by atoms with van der Waals surface area (Å²) < 4.78 is 0. The minimum absolute atomic E-state index is 0.0326. The Morgan fingerprint density at radius 2 is 2.00 bits per heavy atom. The van der Waals surface area contributed by atoms with E-state index < -0.39 is 0 Å². The van der Waals surface area contributed by atoms with E-state index in [0.29, 0.717) is 18.0 Å². The molecule has 1 aromatic carbocycles. The third-order valence-electron chi connectivity index (χ3n) is 5.22. The number of amides is 1. The Kier molecular flexibility index (Phi) is 4.95. The Labute approximate surface area is 153 Å². The monoisotopic (exact) mass is 348 g/mol. The maximum absolute atomic E-state index is 13.2. The van der Waals surface area contributed by atoms with Gasteiger partial charge in [-0.05, 0) is 30.9 Å². The van der Waals surface area contributed by atoms with Gasteiger partial charge in [0.2, 0.25) is 0 Å². The van der Waals surface area contributed by atoms with Crippen molar-refractivity contribution in [3.63, 3.8) is 0 Å². The molecule has 1 saturated carbocycles. The number of carbonyl (C=O) groups excluding carboxylic acids is 1. The Hall–Kier alpha value is -2.69. The molecule has 0 saturated heterocycles. The van der Waals surface area contributed by atoms with E-state index in [9.17, 15) is 4.79 Å². The quantitative estimate of drug-likeness (QED) is 0.752. The normalized spacial score (nSPS) is 15.2. The van der Waals surface area contributed by atoms with Crippen molar-refractivity contribution < 1.29 is 4.79 Å². The van der Waals surface area contributed by atoms with Crippen LogP contribution in [0.2, 0.25) is 0 Å². The molecule has 1 fully saturated rings. The molecule has 2 heterocycles. The van der Waals surface area contributed by atoms with Crippen molar-refractivity contribution in [2.75, 3.05) is 6.54 Å². The van der Waals surface area contributed by atoms with Crippen LogP contribution in [0, 0.1) is 5.92 Å². The first-order valence-corrected chi connectivity index (χ1v) is 9.42. The van der Waals surface area contributed by atoms with Gasteiger partial charge in [-0.2, -0.15) is 0 Å². The van der Waals surface area contributed by atoms with E-state index in [0.717, 1.165) is 23.3 Å². The van der Waals surface area contributed by atoms with E-state index >= 15 is 0 Å². The van der Waals surface area contributed by atoms with Crippen LogP contribution >= 0.6 is 0 Å².